The average Bonchev–Trinajstić information content (AvgIpc) is 2.81. The largest absolute Gasteiger partial charge is 0.399 e. The summed E-state index contributed by atoms with van der Waals surface area (Å²) in [5.41, 5.74) is 8.51. The molecule has 0 bridgehead atoms. The number of aromatic amines is 1. The highest BCUT2D eigenvalue weighted by Gasteiger charge is 2.33. The van der Waals surface area contributed by atoms with E-state index in [4.69, 9.17) is 5.73 Å². The van der Waals surface area contributed by atoms with E-state index in [1.54, 1.807) is 0 Å². The Labute approximate surface area is 101 Å². The number of nitrogens with zero attached hydrogens (tertiary/aromatic N) is 2. The summed E-state index contributed by atoms with van der Waals surface area (Å²) in [7, 11) is 2.09. The second kappa shape index (κ2) is 3.65. The molecule has 1 aromatic heterocycles. The van der Waals surface area contributed by atoms with E-state index in [1.807, 2.05) is 18.2 Å². The molecule has 90 valence electrons. The number of hydrogen-bond donors (Lipinski definition) is 2. The second-order valence-electron chi connectivity index (χ2n) is 5.19. The molecular formula is C13H18N4. The maximum atomic E-state index is 5.76. The van der Waals surface area contributed by atoms with Crippen LogP contribution in [-0.4, -0.2) is 23.6 Å². The number of anilines is 2. The molecule has 1 saturated carbocycles. The summed E-state index contributed by atoms with van der Waals surface area (Å²) in [6, 6.07) is 5.77. The van der Waals surface area contributed by atoms with Crippen LogP contribution in [0.25, 0.3) is 11.0 Å². The van der Waals surface area contributed by atoms with Crippen LogP contribution in [0.2, 0.25) is 0 Å². The SMILES string of the molecule is CC1CC1CN(C)c1nc2ccc(N)cc2[nH]1. The van der Waals surface area contributed by atoms with Gasteiger partial charge in [-0.15, -0.1) is 0 Å². The number of rotatable bonds is 3. The smallest absolute Gasteiger partial charge is 0.203 e. The molecule has 2 aromatic rings. The summed E-state index contributed by atoms with van der Waals surface area (Å²) in [4.78, 5) is 10.1. The number of fused-ring (bicyclic) bond motifs is 1. The third-order valence-corrected chi connectivity index (χ3v) is 3.64. The molecule has 2 unspecified atom stereocenters. The summed E-state index contributed by atoms with van der Waals surface area (Å²) < 4.78 is 0. The van der Waals surface area contributed by atoms with Crippen molar-refractivity contribution in [3.63, 3.8) is 0 Å². The Morgan fingerprint density at radius 3 is 3.00 bits per heavy atom. The molecule has 0 aliphatic heterocycles. The normalized spacial score (nSPS) is 22.9. The van der Waals surface area contributed by atoms with Crippen LogP contribution in [0.5, 0.6) is 0 Å². The van der Waals surface area contributed by atoms with Crippen molar-refractivity contribution in [3.05, 3.63) is 18.2 Å². The zero-order valence-corrected chi connectivity index (χ0v) is 10.3. The van der Waals surface area contributed by atoms with Gasteiger partial charge in [0.05, 0.1) is 11.0 Å². The molecule has 4 nitrogen and oxygen atoms in total. The fraction of sp³-hybridized carbons (Fsp3) is 0.462. The van der Waals surface area contributed by atoms with Crippen LogP contribution in [0.4, 0.5) is 11.6 Å². The van der Waals surface area contributed by atoms with Crippen LogP contribution in [0.15, 0.2) is 18.2 Å². The number of aromatic nitrogens is 2. The lowest BCUT2D eigenvalue weighted by Gasteiger charge is -2.15. The number of H-pyrrole nitrogens is 1. The van der Waals surface area contributed by atoms with E-state index in [1.165, 1.54) is 6.42 Å². The van der Waals surface area contributed by atoms with Gasteiger partial charge in [-0.25, -0.2) is 4.98 Å². The minimum atomic E-state index is 0.770. The molecule has 0 spiro atoms. The molecule has 4 heteroatoms. The molecule has 0 saturated heterocycles. The highest BCUT2D eigenvalue weighted by molar-refractivity contribution is 5.80. The number of imidazole rings is 1. The Bertz CT molecular complexity index is 545. The van der Waals surface area contributed by atoms with Gasteiger partial charge in [0, 0.05) is 19.3 Å². The van der Waals surface area contributed by atoms with Crippen molar-refractivity contribution >= 4 is 22.7 Å². The van der Waals surface area contributed by atoms with Crippen LogP contribution in [0.3, 0.4) is 0 Å². The Morgan fingerprint density at radius 1 is 1.53 bits per heavy atom. The molecule has 3 N–H and O–H groups in total. The van der Waals surface area contributed by atoms with Crippen LogP contribution in [-0.2, 0) is 0 Å². The summed E-state index contributed by atoms with van der Waals surface area (Å²) in [5, 5.41) is 0. The number of nitrogens with two attached hydrogens (primary N) is 1. The molecule has 1 heterocycles. The molecule has 17 heavy (non-hydrogen) atoms. The fourth-order valence-electron chi connectivity index (χ4n) is 2.29. The molecule has 1 aliphatic rings. The third kappa shape index (κ3) is 1.95. The van der Waals surface area contributed by atoms with E-state index in [-0.39, 0.29) is 0 Å². The zero-order chi connectivity index (χ0) is 12.0. The van der Waals surface area contributed by atoms with E-state index in [9.17, 15) is 0 Å². The molecule has 1 fully saturated rings. The zero-order valence-electron chi connectivity index (χ0n) is 10.3. The van der Waals surface area contributed by atoms with Crippen LogP contribution >= 0.6 is 0 Å². The first kappa shape index (κ1) is 10.4. The Balaban J connectivity index is 1.84. The predicted octanol–water partition coefficient (Wildman–Crippen LogP) is 2.24. The van der Waals surface area contributed by atoms with Gasteiger partial charge in [0.25, 0.3) is 0 Å². The maximum absolute atomic E-state index is 5.76. The van der Waals surface area contributed by atoms with Gasteiger partial charge in [-0.1, -0.05) is 6.92 Å². The molecular weight excluding hydrogens is 212 g/mol. The van der Waals surface area contributed by atoms with E-state index in [0.717, 1.165) is 41.0 Å². The summed E-state index contributed by atoms with van der Waals surface area (Å²) in [5.74, 6) is 2.64. The van der Waals surface area contributed by atoms with Gasteiger partial charge in [-0.3, -0.25) is 0 Å². The van der Waals surface area contributed by atoms with Crippen molar-refractivity contribution in [3.8, 4) is 0 Å². The molecule has 0 radical (unpaired) electrons. The Kier molecular flexibility index (Phi) is 2.24. The van der Waals surface area contributed by atoms with Crippen molar-refractivity contribution in [2.45, 2.75) is 13.3 Å². The molecule has 0 amide bonds. The first-order valence-corrected chi connectivity index (χ1v) is 6.10. The van der Waals surface area contributed by atoms with Gasteiger partial charge in [0.2, 0.25) is 5.95 Å². The monoisotopic (exact) mass is 230 g/mol. The van der Waals surface area contributed by atoms with Gasteiger partial charge in [0.1, 0.15) is 0 Å². The first-order chi connectivity index (χ1) is 8.13. The van der Waals surface area contributed by atoms with Crippen molar-refractivity contribution in [2.75, 3.05) is 24.2 Å². The quantitative estimate of drug-likeness (QED) is 0.795. The lowest BCUT2D eigenvalue weighted by molar-refractivity contribution is 0.715. The summed E-state index contributed by atoms with van der Waals surface area (Å²) >= 11 is 0. The van der Waals surface area contributed by atoms with E-state index >= 15 is 0 Å². The standard InChI is InChI=1S/C13H18N4/c1-8-5-9(8)7-17(2)13-15-11-4-3-10(14)6-12(11)16-13/h3-4,6,8-9H,5,7,14H2,1-2H3,(H,15,16). The summed E-state index contributed by atoms with van der Waals surface area (Å²) in [6.45, 7) is 3.38. The molecule has 1 aromatic carbocycles. The maximum Gasteiger partial charge on any atom is 0.203 e. The van der Waals surface area contributed by atoms with Crippen molar-refractivity contribution < 1.29 is 0 Å². The number of benzene rings is 1. The highest BCUT2D eigenvalue weighted by Crippen LogP contribution is 2.38. The molecule has 2 atom stereocenters. The highest BCUT2D eigenvalue weighted by atomic mass is 15.2. The minimum absolute atomic E-state index is 0.770. The van der Waals surface area contributed by atoms with Crippen LogP contribution in [0.1, 0.15) is 13.3 Å². The van der Waals surface area contributed by atoms with Crippen LogP contribution in [0, 0.1) is 11.8 Å². The lowest BCUT2D eigenvalue weighted by atomic mass is 10.3. The van der Waals surface area contributed by atoms with Crippen molar-refractivity contribution in [1.82, 2.24) is 9.97 Å². The van der Waals surface area contributed by atoms with Gasteiger partial charge < -0.3 is 15.6 Å². The van der Waals surface area contributed by atoms with E-state index < -0.39 is 0 Å². The number of nitrogens with one attached hydrogen (secondary N) is 1. The van der Waals surface area contributed by atoms with Crippen molar-refractivity contribution in [2.24, 2.45) is 11.8 Å². The van der Waals surface area contributed by atoms with E-state index in [0.29, 0.717) is 0 Å². The van der Waals surface area contributed by atoms with Gasteiger partial charge in [0.15, 0.2) is 0 Å². The van der Waals surface area contributed by atoms with Crippen molar-refractivity contribution in [1.29, 1.82) is 0 Å². The topological polar surface area (TPSA) is 57.9 Å². The fourth-order valence-corrected chi connectivity index (χ4v) is 2.29. The summed E-state index contributed by atoms with van der Waals surface area (Å²) in [6.07, 6.45) is 1.34. The second-order valence-corrected chi connectivity index (χ2v) is 5.19. The number of hydrogen-bond acceptors (Lipinski definition) is 3. The average molecular weight is 230 g/mol. The lowest BCUT2D eigenvalue weighted by Crippen LogP contribution is -2.21. The minimum Gasteiger partial charge on any atom is -0.399 e. The van der Waals surface area contributed by atoms with Gasteiger partial charge >= 0.3 is 0 Å². The Hall–Kier alpha value is -1.71. The first-order valence-electron chi connectivity index (χ1n) is 6.10. The molecule has 1 aliphatic carbocycles. The van der Waals surface area contributed by atoms with E-state index in [2.05, 4.69) is 28.8 Å². The molecule has 3 rings (SSSR count). The van der Waals surface area contributed by atoms with Crippen LogP contribution < -0.4 is 10.6 Å². The van der Waals surface area contributed by atoms with Gasteiger partial charge in [-0.05, 0) is 36.5 Å². The third-order valence-electron chi connectivity index (χ3n) is 3.64. The number of nitrogen functional groups attached to an aromatic ring is 1. The predicted molar refractivity (Wildman–Crippen MR) is 71.0 cm³/mol. The van der Waals surface area contributed by atoms with Gasteiger partial charge in [-0.2, -0.15) is 0 Å². The Morgan fingerprint density at radius 2 is 2.29 bits per heavy atom.